The molecule has 5 heteroatoms. The van der Waals surface area contributed by atoms with Crippen LogP contribution in [0.25, 0.3) is 0 Å². The van der Waals surface area contributed by atoms with E-state index in [0.717, 1.165) is 32.4 Å². The highest BCUT2D eigenvalue weighted by Crippen LogP contribution is 2.33. The Morgan fingerprint density at radius 3 is 2.24 bits per heavy atom. The standard InChI is InChI=1S/C16H30N2O3/c1-5-16(11-19)6-8-18(9-7-16)10-14(21)17-15(12(2)3)13(4)20/h12,15,19H,5-11H2,1-4H3,(H,17,21). The fourth-order valence-corrected chi connectivity index (χ4v) is 2.97. The van der Waals surface area contributed by atoms with Crippen LogP contribution >= 0.6 is 0 Å². The van der Waals surface area contributed by atoms with E-state index >= 15 is 0 Å². The molecule has 0 aromatic heterocycles. The van der Waals surface area contributed by atoms with Gasteiger partial charge in [-0.25, -0.2) is 0 Å². The maximum absolute atomic E-state index is 12.1. The van der Waals surface area contributed by atoms with Crippen LogP contribution < -0.4 is 5.32 Å². The Morgan fingerprint density at radius 2 is 1.86 bits per heavy atom. The van der Waals surface area contributed by atoms with Gasteiger partial charge in [0.05, 0.1) is 12.6 Å². The maximum atomic E-state index is 12.1. The van der Waals surface area contributed by atoms with E-state index in [4.69, 9.17) is 0 Å². The number of aliphatic hydroxyl groups excluding tert-OH is 1. The van der Waals surface area contributed by atoms with E-state index in [1.807, 2.05) is 13.8 Å². The van der Waals surface area contributed by atoms with Crippen molar-refractivity contribution in [3.63, 3.8) is 0 Å². The number of carbonyl (C=O) groups excluding carboxylic acids is 2. The van der Waals surface area contributed by atoms with Crippen molar-refractivity contribution in [1.29, 1.82) is 0 Å². The number of amides is 1. The zero-order valence-corrected chi connectivity index (χ0v) is 13.8. The first kappa shape index (κ1) is 18.1. The molecule has 0 aromatic carbocycles. The number of hydrogen-bond acceptors (Lipinski definition) is 4. The summed E-state index contributed by atoms with van der Waals surface area (Å²) in [7, 11) is 0. The number of likely N-dealkylation sites (tertiary alicyclic amines) is 1. The van der Waals surface area contributed by atoms with Crippen LogP contribution in [0.15, 0.2) is 0 Å². The van der Waals surface area contributed by atoms with Gasteiger partial charge < -0.3 is 10.4 Å². The van der Waals surface area contributed by atoms with E-state index in [2.05, 4.69) is 17.1 Å². The van der Waals surface area contributed by atoms with Gasteiger partial charge >= 0.3 is 0 Å². The molecule has 0 saturated carbocycles. The van der Waals surface area contributed by atoms with Gasteiger partial charge in [0.15, 0.2) is 5.78 Å². The first-order valence-electron chi connectivity index (χ1n) is 7.96. The van der Waals surface area contributed by atoms with Crippen LogP contribution in [0, 0.1) is 11.3 Å². The molecule has 0 spiro atoms. The van der Waals surface area contributed by atoms with E-state index < -0.39 is 6.04 Å². The Balaban J connectivity index is 2.45. The minimum Gasteiger partial charge on any atom is -0.396 e. The fraction of sp³-hybridized carbons (Fsp3) is 0.875. The van der Waals surface area contributed by atoms with Crippen molar-refractivity contribution in [3.05, 3.63) is 0 Å². The summed E-state index contributed by atoms with van der Waals surface area (Å²) in [6.07, 6.45) is 2.82. The summed E-state index contributed by atoms with van der Waals surface area (Å²) in [5, 5.41) is 12.3. The highest BCUT2D eigenvalue weighted by molar-refractivity contribution is 5.88. The van der Waals surface area contributed by atoms with Gasteiger partial charge in [-0.3, -0.25) is 14.5 Å². The minimum absolute atomic E-state index is 0.00211. The van der Waals surface area contributed by atoms with E-state index in [-0.39, 0.29) is 29.6 Å². The predicted molar refractivity (Wildman–Crippen MR) is 82.9 cm³/mol. The molecule has 2 N–H and O–H groups in total. The Hall–Kier alpha value is -0.940. The molecule has 1 saturated heterocycles. The molecule has 1 aliphatic heterocycles. The summed E-state index contributed by atoms with van der Waals surface area (Å²) in [5.41, 5.74) is 0.0346. The normalized spacial score (nSPS) is 20.3. The fourth-order valence-electron chi connectivity index (χ4n) is 2.97. The predicted octanol–water partition coefficient (Wildman–Crippen LogP) is 1.20. The quantitative estimate of drug-likeness (QED) is 0.741. The lowest BCUT2D eigenvalue weighted by molar-refractivity contribution is -0.129. The summed E-state index contributed by atoms with van der Waals surface area (Å²) >= 11 is 0. The topological polar surface area (TPSA) is 69.6 Å². The smallest absolute Gasteiger partial charge is 0.234 e. The first-order valence-corrected chi connectivity index (χ1v) is 7.96. The number of hydrogen-bond donors (Lipinski definition) is 2. The van der Waals surface area contributed by atoms with Gasteiger partial charge in [0, 0.05) is 6.61 Å². The molecule has 21 heavy (non-hydrogen) atoms. The van der Waals surface area contributed by atoms with Gasteiger partial charge in [0.1, 0.15) is 0 Å². The summed E-state index contributed by atoms with van der Waals surface area (Å²) in [5.74, 6) is 0.0223. The lowest BCUT2D eigenvalue weighted by Crippen LogP contribution is -2.50. The number of piperidine rings is 1. The van der Waals surface area contributed by atoms with Crippen LogP contribution in [-0.2, 0) is 9.59 Å². The van der Waals surface area contributed by atoms with Crippen LogP contribution in [0.2, 0.25) is 0 Å². The molecule has 1 unspecified atom stereocenters. The lowest BCUT2D eigenvalue weighted by Gasteiger charge is -2.40. The third-order valence-corrected chi connectivity index (χ3v) is 4.79. The van der Waals surface area contributed by atoms with Crippen molar-refractivity contribution < 1.29 is 14.7 Å². The largest absolute Gasteiger partial charge is 0.396 e. The van der Waals surface area contributed by atoms with E-state index in [9.17, 15) is 14.7 Å². The molecule has 0 aliphatic carbocycles. The molecule has 1 heterocycles. The summed E-state index contributed by atoms with van der Waals surface area (Å²) in [4.78, 5) is 25.7. The van der Waals surface area contributed by atoms with Crippen LogP contribution in [0.5, 0.6) is 0 Å². The van der Waals surface area contributed by atoms with Crippen molar-refractivity contribution in [2.24, 2.45) is 11.3 Å². The highest BCUT2D eigenvalue weighted by atomic mass is 16.3. The second-order valence-electron chi connectivity index (χ2n) is 6.69. The number of rotatable bonds is 7. The second-order valence-corrected chi connectivity index (χ2v) is 6.69. The maximum Gasteiger partial charge on any atom is 0.234 e. The Kier molecular flexibility index (Phi) is 6.81. The van der Waals surface area contributed by atoms with Gasteiger partial charge in [-0.2, -0.15) is 0 Å². The number of nitrogens with one attached hydrogen (secondary N) is 1. The minimum atomic E-state index is -0.394. The molecule has 1 fully saturated rings. The number of carbonyl (C=O) groups is 2. The van der Waals surface area contributed by atoms with Crippen LogP contribution in [0.4, 0.5) is 0 Å². The number of nitrogens with zero attached hydrogens (tertiary/aromatic N) is 1. The van der Waals surface area contributed by atoms with Crippen LogP contribution in [0.1, 0.15) is 47.0 Å². The Labute approximate surface area is 128 Å². The summed E-state index contributed by atoms with van der Waals surface area (Å²) < 4.78 is 0. The van der Waals surface area contributed by atoms with Crippen molar-refractivity contribution >= 4 is 11.7 Å². The number of Topliss-reactive ketones (excluding diaryl/α,β-unsaturated/α-hetero) is 1. The van der Waals surface area contributed by atoms with Crippen molar-refractivity contribution in [1.82, 2.24) is 10.2 Å². The molecule has 0 aromatic rings. The molecule has 1 amide bonds. The molecule has 1 aliphatic rings. The molecule has 1 atom stereocenters. The average Bonchev–Trinajstić information content (AvgIpc) is 2.45. The monoisotopic (exact) mass is 298 g/mol. The zero-order valence-electron chi connectivity index (χ0n) is 13.8. The number of aliphatic hydroxyl groups is 1. The molecule has 0 radical (unpaired) electrons. The van der Waals surface area contributed by atoms with Crippen molar-refractivity contribution in [2.45, 2.75) is 53.0 Å². The van der Waals surface area contributed by atoms with Gasteiger partial charge in [0.2, 0.25) is 5.91 Å². The Morgan fingerprint density at radius 1 is 1.29 bits per heavy atom. The summed E-state index contributed by atoms with van der Waals surface area (Å²) in [6.45, 7) is 9.71. The van der Waals surface area contributed by atoms with Crippen LogP contribution in [-0.4, -0.2) is 54.0 Å². The lowest BCUT2D eigenvalue weighted by atomic mass is 9.77. The highest BCUT2D eigenvalue weighted by Gasteiger charge is 2.33. The van der Waals surface area contributed by atoms with E-state index in [0.29, 0.717) is 6.54 Å². The molecular weight excluding hydrogens is 268 g/mol. The van der Waals surface area contributed by atoms with Gasteiger partial charge in [-0.15, -0.1) is 0 Å². The van der Waals surface area contributed by atoms with Crippen molar-refractivity contribution in [3.8, 4) is 0 Å². The molecule has 5 nitrogen and oxygen atoms in total. The Bertz CT molecular complexity index is 355. The van der Waals surface area contributed by atoms with E-state index in [1.54, 1.807) is 0 Å². The molecule has 1 rings (SSSR count). The molecular formula is C16H30N2O3. The zero-order chi connectivity index (χ0) is 16.0. The SMILES string of the molecule is CCC1(CO)CCN(CC(=O)NC(C(C)=O)C(C)C)CC1. The third kappa shape index (κ3) is 5.08. The van der Waals surface area contributed by atoms with Crippen molar-refractivity contribution in [2.75, 3.05) is 26.2 Å². The second kappa shape index (κ2) is 7.90. The van der Waals surface area contributed by atoms with Gasteiger partial charge in [-0.1, -0.05) is 20.8 Å². The first-order chi connectivity index (χ1) is 9.83. The van der Waals surface area contributed by atoms with Gasteiger partial charge in [-0.05, 0) is 50.6 Å². The molecule has 122 valence electrons. The number of ketones is 1. The average molecular weight is 298 g/mol. The molecule has 0 bridgehead atoms. The third-order valence-electron chi connectivity index (χ3n) is 4.79. The summed E-state index contributed by atoms with van der Waals surface area (Å²) in [6, 6.07) is -0.394. The van der Waals surface area contributed by atoms with Crippen LogP contribution in [0.3, 0.4) is 0 Å². The van der Waals surface area contributed by atoms with Gasteiger partial charge in [0.25, 0.3) is 0 Å². The van der Waals surface area contributed by atoms with E-state index in [1.165, 1.54) is 6.92 Å².